The first-order valence-electron chi connectivity index (χ1n) is 6.26. The van der Waals surface area contributed by atoms with Crippen molar-refractivity contribution in [2.75, 3.05) is 31.1 Å². The maximum Gasteiger partial charge on any atom is 0.345 e. The molecule has 1 unspecified atom stereocenters. The Balaban J connectivity index is 2.00. The molecule has 1 atom stereocenters. The quantitative estimate of drug-likeness (QED) is 0.653. The van der Waals surface area contributed by atoms with Crippen molar-refractivity contribution >= 4 is 21.5 Å². The summed E-state index contributed by atoms with van der Waals surface area (Å²) in [5.41, 5.74) is 0. The second kappa shape index (κ2) is 6.10. The van der Waals surface area contributed by atoms with E-state index >= 15 is 0 Å². The minimum atomic E-state index is -0.378. The molecular formula is C11H18N4O2S. The lowest BCUT2D eigenvalue weighted by Crippen LogP contribution is -2.38. The number of hydrogen-bond acceptors (Lipinski definition) is 6. The van der Waals surface area contributed by atoms with Gasteiger partial charge in [-0.05, 0) is 50.1 Å². The molecule has 1 saturated heterocycles. The average Bonchev–Trinajstić information content (AvgIpc) is 2.87. The molecule has 1 N–H and O–H groups in total. The van der Waals surface area contributed by atoms with Crippen LogP contribution in [0.5, 0.6) is 0 Å². The van der Waals surface area contributed by atoms with E-state index < -0.39 is 0 Å². The van der Waals surface area contributed by atoms with Gasteiger partial charge in [-0.1, -0.05) is 0 Å². The Morgan fingerprint density at radius 3 is 3.11 bits per heavy atom. The highest BCUT2D eigenvalue weighted by molar-refractivity contribution is 7.18. The van der Waals surface area contributed by atoms with Gasteiger partial charge in [-0.3, -0.25) is 10.1 Å². The van der Waals surface area contributed by atoms with E-state index in [1.165, 1.54) is 19.0 Å². The maximum atomic E-state index is 10.7. The van der Waals surface area contributed by atoms with Crippen molar-refractivity contribution in [1.82, 2.24) is 10.3 Å². The summed E-state index contributed by atoms with van der Waals surface area (Å²) in [4.78, 5) is 16.6. The molecule has 0 spiro atoms. The van der Waals surface area contributed by atoms with Crippen molar-refractivity contribution < 1.29 is 4.92 Å². The molecule has 1 aromatic heterocycles. The molecule has 0 radical (unpaired) electrons. The van der Waals surface area contributed by atoms with Gasteiger partial charge >= 0.3 is 5.00 Å². The number of piperidine rings is 1. The minimum absolute atomic E-state index is 0.116. The smallest absolute Gasteiger partial charge is 0.345 e. The molecule has 2 rings (SSSR count). The first-order chi connectivity index (χ1) is 8.70. The third-order valence-electron chi connectivity index (χ3n) is 3.19. The second-order valence-corrected chi connectivity index (χ2v) is 5.48. The molecule has 1 aliphatic rings. The van der Waals surface area contributed by atoms with Crippen LogP contribution < -0.4 is 10.2 Å². The van der Waals surface area contributed by atoms with Gasteiger partial charge in [-0.15, -0.1) is 0 Å². The van der Waals surface area contributed by atoms with Crippen LogP contribution in [0.4, 0.5) is 10.1 Å². The Morgan fingerprint density at radius 1 is 1.72 bits per heavy atom. The molecule has 0 saturated carbocycles. The summed E-state index contributed by atoms with van der Waals surface area (Å²) in [7, 11) is 0. The van der Waals surface area contributed by atoms with Crippen LogP contribution in [0.2, 0.25) is 0 Å². The van der Waals surface area contributed by atoms with Crippen molar-refractivity contribution in [2.24, 2.45) is 5.92 Å². The highest BCUT2D eigenvalue weighted by Gasteiger charge is 2.20. The lowest BCUT2D eigenvalue weighted by Gasteiger charge is -2.29. The SMILES string of the molecule is CCN(CC1CCCNC1)c1ncc([N+](=O)[O-])s1. The van der Waals surface area contributed by atoms with Gasteiger partial charge in [0, 0.05) is 13.1 Å². The molecule has 1 aromatic rings. The molecule has 0 amide bonds. The number of aromatic nitrogens is 1. The number of thiazole rings is 1. The molecule has 100 valence electrons. The molecule has 18 heavy (non-hydrogen) atoms. The van der Waals surface area contributed by atoms with Gasteiger partial charge in [0.15, 0.2) is 5.13 Å². The van der Waals surface area contributed by atoms with Crippen LogP contribution in [0.3, 0.4) is 0 Å². The summed E-state index contributed by atoms with van der Waals surface area (Å²) in [5, 5.41) is 14.9. The van der Waals surface area contributed by atoms with Crippen LogP contribution in [0.1, 0.15) is 19.8 Å². The molecule has 1 aliphatic heterocycles. The Kier molecular flexibility index (Phi) is 4.48. The van der Waals surface area contributed by atoms with Crippen LogP contribution in [-0.2, 0) is 0 Å². The Morgan fingerprint density at radius 2 is 2.56 bits per heavy atom. The van der Waals surface area contributed by atoms with E-state index in [2.05, 4.69) is 22.1 Å². The average molecular weight is 270 g/mol. The fraction of sp³-hybridized carbons (Fsp3) is 0.727. The van der Waals surface area contributed by atoms with Crippen LogP contribution in [0.25, 0.3) is 0 Å². The van der Waals surface area contributed by atoms with E-state index in [-0.39, 0.29) is 9.92 Å². The van der Waals surface area contributed by atoms with Crippen molar-refractivity contribution in [3.63, 3.8) is 0 Å². The molecular weight excluding hydrogens is 252 g/mol. The number of nitrogens with zero attached hydrogens (tertiary/aromatic N) is 3. The van der Waals surface area contributed by atoms with Crippen molar-refractivity contribution in [3.8, 4) is 0 Å². The second-order valence-electron chi connectivity index (χ2n) is 4.49. The predicted molar refractivity (Wildman–Crippen MR) is 72.2 cm³/mol. The molecule has 0 aliphatic carbocycles. The van der Waals surface area contributed by atoms with E-state index in [0.29, 0.717) is 5.92 Å². The largest absolute Gasteiger partial charge is 0.348 e. The van der Waals surface area contributed by atoms with Gasteiger partial charge in [-0.2, -0.15) is 0 Å². The van der Waals surface area contributed by atoms with Gasteiger partial charge in [-0.25, -0.2) is 4.98 Å². The minimum Gasteiger partial charge on any atom is -0.348 e. The Bertz CT molecular complexity index is 404. The highest BCUT2D eigenvalue weighted by atomic mass is 32.1. The van der Waals surface area contributed by atoms with E-state index in [1.54, 1.807) is 0 Å². The topological polar surface area (TPSA) is 71.3 Å². The molecule has 0 aromatic carbocycles. The van der Waals surface area contributed by atoms with Crippen molar-refractivity contribution in [3.05, 3.63) is 16.3 Å². The fourth-order valence-electron chi connectivity index (χ4n) is 2.22. The van der Waals surface area contributed by atoms with Crippen LogP contribution in [-0.4, -0.2) is 36.1 Å². The third-order valence-corrected chi connectivity index (χ3v) is 4.20. The van der Waals surface area contributed by atoms with Gasteiger partial charge in [0.2, 0.25) is 0 Å². The number of hydrogen-bond donors (Lipinski definition) is 1. The highest BCUT2D eigenvalue weighted by Crippen LogP contribution is 2.29. The van der Waals surface area contributed by atoms with Gasteiger partial charge in [0.1, 0.15) is 6.20 Å². The molecule has 1 fully saturated rings. The fourth-order valence-corrected chi connectivity index (χ4v) is 3.03. The lowest BCUT2D eigenvalue weighted by atomic mass is 9.99. The summed E-state index contributed by atoms with van der Waals surface area (Å²) < 4.78 is 0. The molecule has 6 nitrogen and oxygen atoms in total. The van der Waals surface area contributed by atoms with E-state index in [4.69, 9.17) is 0 Å². The lowest BCUT2D eigenvalue weighted by molar-refractivity contribution is -0.380. The monoisotopic (exact) mass is 270 g/mol. The van der Waals surface area contributed by atoms with Gasteiger partial charge < -0.3 is 10.2 Å². The molecule has 7 heteroatoms. The number of rotatable bonds is 5. The maximum absolute atomic E-state index is 10.7. The normalized spacial score (nSPS) is 19.7. The predicted octanol–water partition coefficient (Wildman–Crippen LogP) is 1.88. The summed E-state index contributed by atoms with van der Waals surface area (Å²) in [5.74, 6) is 0.613. The standard InChI is InChI=1S/C11H18N4O2S/c1-2-14(8-9-4-3-5-12-6-9)11-13-7-10(18-11)15(16)17/h7,9,12H,2-6,8H2,1H3. The molecule has 0 bridgehead atoms. The number of anilines is 1. The zero-order chi connectivity index (χ0) is 13.0. The van der Waals surface area contributed by atoms with Crippen molar-refractivity contribution in [1.29, 1.82) is 0 Å². The first kappa shape index (κ1) is 13.2. The van der Waals surface area contributed by atoms with Crippen LogP contribution >= 0.6 is 11.3 Å². The Hall–Kier alpha value is -1.21. The summed E-state index contributed by atoms with van der Waals surface area (Å²) in [6.45, 7) is 5.95. The summed E-state index contributed by atoms with van der Waals surface area (Å²) >= 11 is 1.16. The zero-order valence-electron chi connectivity index (χ0n) is 10.5. The summed E-state index contributed by atoms with van der Waals surface area (Å²) in [6.07, 6.45) is 3.78. The van der Waals surface area contributed by atoms with Crippen LogP contribution in [0.15, 0.2) is 6.20 Å². The van der Waals surface area contributed by atoms with Gasteiger partial charge in [0.25, 0.3) is 0 Å². The Labute approximate surface area is 110 Å². The zero-order valence-corrected chi connectivity index (χ0v) is 11.3. The van der Waals surface area contributed by atoms with E-state index in [1.807, 2.05) is 0 Å². The van der Waals surface area contributed by atoms with E-state index in [0.717, 1.165) is 42.6 Å². The number of nitro groups is 1. The van der Waals surface area contributed by atoms with Gasteiger partial charge in [0.05, 0.1) is 4.92 Å². The molecule has 2 heterocycles. The number of nitrogens with one attached hydrogen (secondary N) is 1. The van der Waals surface area contributed by atoms with Crippen molar-refractivity contribution in [2.45, 2.75) is 19.8 Å². The first-order valence-corrected chi connectivity index (χ1v) is 7.08. The van der Waals surface area contributed by atoms with Crippen LogP contribution in [0, 0.1) is 16.0 Å². The third kappa shape index (κ3) is 3.17. The van der Waals surface area contributed by atoms with E-state index in [9.17, 15) is 10.1 Å². The summed E-state index contributed by atoms with van der Waals surface area (Å²) in [6, 6.07) is 0.